The fourth-order valence-corrected chi connectivity index (χ4v) is 3.52. The second-order valence-corrected chi connectivity index (χ2v) is 7.10. The van der Waals surface area contributed by atoms with Crippen LogP contribution in [-0.4, -0.2) is 30.0 Å². The summed E-state index contributed by atoms with van der Waals surface area (Å²) in [4.78, 5) is 2.36. The van der Waals surface area contributed by atoms with Gasteiger partial charge < -0.3 is 0 Å². The van der Waals surface area contributed by atoms with Gasteiger partial charge in [0, 0.05) is 32.0 Å². The molecule has 0 N–H and O–H groups in total. The van der Waals surface area contributed by atoms with E-state index in [1.54, 1.807) is 0 Å². The second kappa shape index (κ2) is 11.4. The van der Waals surface area contributed by atoms with Crippen LogP contribution in [0.25, 0.3) is 0 Å². The summed E-state index contributed by atoms with van der Waals surface area (Å²) in [7, 11) is 0. The molecule has 1 aliphatic heterocycles. The van der Waals surface area contributed by atoms with Crippen molar-refractivity contribution in [2.24, 2.45) is 0 Å². The molecule has 0 aromatic rings. The summed E-state index contributed by atoms with van der Waals surface area (Å²) in [6.07, 6.45) is 14.2. The first-order valence-electron chi connectivity index (χ1n) is 9.71. The third-order valence-electron chi connectivity index (χ3n) is 5.08. The highest BCUT2D eigenvalue weighted by Gasteiger charge is 2.35. The highest BCUT2D eigenvalue weighted by Crippen LogP contribution is 2.30. The minimum absolute atomic E-state index is 0.0638. The molecule has 0 radical (unpaired) electrons. The summed E-state index contributed by atoms with van der Waals surface area (Å²) in [6.45, 7) is 5.67. The molecule has 0 aromatic heterocycles. The molecular weight excluding hydrogens is 280 g/mol. The summed E-state index contributed by atoms with van der Waals surface area (Å²) < 4.78 is 26.7. The van der Waals surface area contributed by atoms with Crippen molar-refractivity contribution in [2.45, 2.75) is 109 Å². The average Bonchev–Trinajstić information content (AvgIpc) is 2.49. The highest BCUT2D eigenvalue weighted by atomic mass is 19.3. The topological polar surface area (TPSA) is 3.24 Å². The Bertz CT molecular complexity index is 258. The van der Waals surface area contributed by atoms with Gasteiger partial charge in [0.25, 0.3) is 5.92 Å². The fraction of sp³-hybridized carbons (Fsp3) is 1.00. The number of hydrogen-bond donors (Lipinski definition) is 0. The van der Waals surface area contributed by atoms with Crippen LogP contribution in [-0.2, 0) is 0 Å². The zero-order valence-electron chi connectivity index (χ0n) is 14.9. The lowest BCUT2D eigenvalue weighted by Gasteiger charge is -2.37. The average molecular weight is 318 g/mol. The van der Waals surface area contributed by atoms with E-state index >= 15 is 0 Å². The highest BCUT2D eigenvalue weighted by molar-refractivity contribution is 4.82. The SMILES string of the molecule is CCCCCCCC(CCCCCC)N1CCC(F)(F)CC1. The van der Waals surface area contributed by atoms with Crippen LogP contribution >= 0.6 is 0 Å². The molecule has 0 saturated carbocycles. The Labute approximate surface area is 136 Å². The number of rotatable bonds is 12. The molecule has 1 heterocycles. The van der Waals surface area contributed by atoms with E-state index in [4.69, 9.17) is 0 Å². The van der Waals surface area contributed by atoms with Gasteiger partial charge in [0.15, 0.2) is 0 Å². The van der Waals surface area contributed by atoms with Gasteiger partial charge in [0.2, 0.25) is 0 Å². The monoisotopic (exact) mass is 317 g/mol. The van der Waals surface area contributed by atoms with E-state index in [0.717, 1.165) is 0 Å². The van der Waals surface area contributed by atoms with Crippen LogP contribution in [0.2, 0.25) is 0 Å². The van der Waals surface area contributed by atoms with Crippen molar-refractivity contribution in [1.29, 1.82) is 0 Å². The van der Waals surface area contributed by atoms with E-state index in [9.17, 15) is 8.78 Å². The lowest BCUT2D eigenvalue weighted by molar-refractivity contribution is -0.0645. The van der Waals surface area contributed by atoms with Crippen LogP contribution in [0.1, 0.15) is 97.3 Å². The van der Waals surface area contributed by atoms with E-state index in [1.165, 1.54) is 70.6 Å². The van der Waals surface area contributed by atoms with Crippen molar-refractivity contribution in [1.82, 2.24) is 4.90 Å². The molecule has 0 bridgehead atoms. The molecule has 0 amide bonds. The first-order chi connectivity index (χ1) is 10.6. The first-order valence-corrected chi connectivity index (χ1v) is 9.71. The predicted octanol–water partition coefficient (Wildman–Crippen LogP) is 6.42. The van der Waals surface area contributed by atoms with E-state index in [0.29, 0.717) is 19.1 Å². The van der Waals surface area contributed by atoms with Crippen molar-refractivity contribution in [3.05, 3.63) is 0 Å². The summed E-state index contributed by atoms with van der Waals surface area (Å²) >= 11 is 0. The lowest BCUT2D eigenvalue weighted by Crippen LogP contribution is -2.45. The number of piperidine rings is 1. The normalized spacial score (nSPS) is 20.2. The van der Waals surface area contributed by atoms with Gasteiger partial charge in [-0.3, -0.25) is 4.90 Å². The van der Waals surface area contributed by atoms with Crippen molar-refractivity contribution >= 4 is 0 Å². The molecule has 3 heteroatoms. The molecule has 1 atom stereocenters. The molecule has 1 aliphatic rings. The zero-order valence-corrected chi connectivity index (χ0v) is 14.9. The van der Waals surface area contributed by atoms with Gasteiger partial charge in [-0.2, -0.15) is 0 Å². The third kappa shape index (κ3) is 8.45. The van der Waals surface area contributed by atoms with Crippen LogP contribution < -0.4 is 0 Å². The summed E-state index contributed by atoms with van der Waals surface area (Å²) in [5.74, 6) is -2.41. The lowest BCUT2D eigenvalue weighted by atomic mass is 9.96. The third-order valence-corrected chi connectivity index (χ3v) is 5.08. The smallest absolute Gasteiger partial charge is 0.250 e. The molecule has 0 spiro atoms. The van der Waals surface area contributed by atoms with Gasteiger partial charge in [-0.25, -0.2) is 8.78 Å². The van der Waals surface area contributed by atoms with Crippen LogP contribution in [0.3, 0.4) is 0 Å². The van der Waals surface area contributed by atoms with E-state index in [1.807, 2.05) is 0 Å². The number of hydrogen-bond acceptors (Lipinski definition) is 1. The fourth-order valence-electron chi connectivity index (χ4n) is 3.52. The molecule has 1 unspecified atom stereocenters. The maximum atomic E-state index is 13.4. The van der Waals surface area contributed by atoms with Gasteiger partial charge in [-0.05, 0) is 12.8 Å². The van der Waals surface area contributed by atoms with Gasteiger partial charge >= 0.3 is 0 Å². The molecule has 1 fully saturated rings. The Morgan fingerprint density at radius 2 is 1.23 bits per heavy atom. The van der Waals surface area contributed by atoms with Gasteiger partial charge in [0.05, 0.1) is 0 Å². The van der Waals surface area contributed by atoms with Gasteiger partial charge in [-0.1, -0.05) is 71.6 Å². The number of alkyl halides is 2. The minimum atomic E-state index is -2.41. The number of halogens is 2. The molecule has 1 rings (SSSR count). The van der Waals surface area contributed by atoms with Crippen LogP contribution in [0.15, 0.2) is 0 Å². The van der Waals surface area contributed by atoms with Gasteiger partial charge in [0.1, 0.15) is 0 Å². The largest absolute Gasteiger partial charge is 0.300 e. The Kier molecular flexibility index (Phi) is 10.3. The number of unbranched alkanes of at least 4 members (excludes halogenated alkanes) is 7. The van der Waals surface area contributed by atoms with Crippen LogP contribution in [0, 0.1) is 0 Å². The molecule has 22 heavy (non-hydrogen) atoms. The van der Waals surface area contributed by atoms with Crippen LogP contribution in [0.5, 0.6) is 0 Å². The Hall–Kier alpha value is -0.180. The molecule has 1 nitrogen and oxygen atoms in total. The molecule has 0 aromatic carbocycles. The predicted molar refractivity (Wildman–Crippen MR) is 91.7 cm³/mol. The maximum Gasteiger partial charge on any atom is 0.250 e. The van der Waals surface area contributed by atoms with Crippen molar-refractivity contribution in [3.8, 4) is 0 Å². The van der Waals surface area contributed by atoms with Gasteiger partial charge in [-0.15, -0.1) is 0 Å². The summed E-state index contributed by atoms with van der Waals surface area (Å²) in [5.41, 5.74) is 0. The Morgan fingerprint density at radius 1 is 0.773 bits per heavy atom. The number of likely N-dealkylation sites (tertiary alicyclic amines) is 1. The van der Waals surface area contributed by atoms with Crippen molar-refractivity contribution < 1.29 is 8.78 Å². The quantitative estimate of drug-likeness (QED) is 0.375. The molecular formula is C19H37F2N. The van der Waals surface area contributed by atoms with Crippen LogP contribution in [0.4, 0.5) is 8.78 Å². The Morgan fingerprint density at radius 3 is 1.73 bits per heavy atom. The van der Waals surface area contributed by atoms with E-state index < -0.39 is 5.92 Å². The maximum absolute atomic E-state index is 13.4. The molecule has 0 aliphatic carbocycles. The summed E-state index contributed by atoms with van der Waals surface area (Å²) in [5, 5.41) is 0. The van der Waals surface area contributed by atoms with Crippen molar-refractivity contribution in [3.63, 3.8) is 0 Å². The standard InChI is InChI=1S/C19H37F2N/c1-3-5-7-9-11-13-18(12-10-8-6-4-2)22-16-14-19(20,21)15-17-22/h18H,3-17H2,1-2H3. The zero-order chi connectivity index (χ0) is 16.3. The Balaban J connectivity index is 2.33. The second-order valence-electron chi connectivity index (χ2n) is 7.10. The van der Waals surface area contributed by atoms with E-state index in [-0.39, 0.29) is 12.8 Å². The van der Waals surface area contributed by atoms with Crippen molar-refractivity contribution in [2.75, 3.05) is 13.1 Å². The molecule has 132 valence electrons. The minimum Gasteiger partial charge on any atom is -0.300 e. The van der Waals surface area contributed by atoms with E-state index in [2.05, 4.69) is 18.7 Å². The molecule has 1 saturated heterocycles. The summed E-state index contributed by atoms with van der Waals surface area (Å²) in [6, 6.07) is 0.551. The first kappa shape index (κ1) is 19.9. The number of nitrogens with zero attached hydrogens (tertiary/aromatic N) is 1.